The zero-order valence-corrected chi connectivity index (χ0v) is 21.9. The van der Waals surface area contributed by atoms with Gasteiger partial charge in [0.2, 0.25) is 0 Å². The molecular weight excluding hydrogens is 482 g/mol. The first kappa shape index (κ1) is 26.9. The van der Waals surface area contributed by atoms with Crippen LogP contribution in [0.1, 0.15) is 43.0 Å². The summed E-state index contributed by atoms with van der Waals surface area (Å²) in [5.74, 6) is -0.347. The molecule has 4 rings (SSSR count). The fourth-order valence-electron chi connectivity index (χ4n) is 4.47. The fraction of sp³-hybridized carbons (Fsp3) is 0.290. The molecule has 1 heterocycles. The highest BCUT2D eigenvalue weighted by molar-refractivity contribution is 6.46. The van der Waals surface area contributed by atoms with Gasteiger partial charge < -0.3 is 24.2 Å². The van der Waals surface area contributed by atoms with Gasteiger partial charge in [-0.15, -0.1) is 0 Å². The number of aliphatic hydroxyl groups is 1. The summed E-state index contributed by atoms with van der Waals surface area (Å²) in [7, 11) is 1.59. The maximum Gasteiger partial charge on any atom is 0.295 e. The van der Waals surface area contributed by atoms with Crippen LogP contribution in [0.5, 0.6) is 11.5 Å². The molecule has 3 aromatic rings. The van der Waals surface area contributed by atoms with Gasteiger partial charge in [0.15, 0.2) is 0 Å². The van der Waals surface area contributed by atoms with Crippen LogP contribution in [0.4, 0.5) is 0 Å². The summed E-state index contributed by atoms with van der Waals surface area (Å²) in [6.07, 6.45) is 0.550. The average Bonchev–Trinajstić information content (AvgIpc) is 3.17. The number of rotatable bonds is 11. The molecule has 0 aliphatic carbocycles. The van der Waals surface area contributed by atoms with Gasteiger partial charge >= 0.3 is 0 Å². The maximum absolute atomic E-state index is 13.3. The van der Waals surface area contributed by atoms with Crippen LogP contribution < -0.4 is 9.47 Å². The van der Waals surface area contributed by atoms with E-state index in [1.165, 1.54) is 4.90 Å². The molecule has 1 fully saturated rings. The minimum absolute atomic E-state index is 0.00302. The molecular formula is C31H33NO6. The number of carbonyl (C=O) groups excluding carboxylic acids is 2. The smallest absolute Gasteiger partial charge is 0.295 e. The van der Waals surface area contributed by atoms with Gasteiger partial charge in [0.25, 0.3) is 11.7 Å². The Labute approximate surface area is 223 Å². The monoisotopic (exact) mass is 515 g/mol. The number of aliphatic hydroxyl groups excluding tert-OH is 1. The van der Waals surface area contributed by atoms with E-state index in [-0.39, 0.29) is 17.4 Å². The van der Waals surface area contributed by atoms with E-state index in [0.29, 0.717) is 48.8 Å². The van der Waals surface area contributed by atoms with Gasteiger partial charge in [0.1, 0.15) is 23.9 Å². The van der Waals surface area contributed by atoms with Crippen molar-refractivity contribution in [3.8, 4) is 11.5 Å². The molecule has 1 aliphatic rings. The predicted molar refractivity (Wildman–Crippen MR) is 145 cm³/mol. The van der Waals surface area contributed by atoms with Gasteiger partial charge in [-0.3, -0.25) is 9.59 Å². The third-order valence-corrected chi connectivity index (χ3v) is 6.21. The van der Waals surface area contributed by atoms with Crippen molar-refractivity contribution < 1.29 is 28.9 Å². The summed E-state index contributed by atoms with van der Waals surface area (Å²) in [4.78, 5) is 27.9. The van der Waals surface area contributed by atoms with Gasteiger partial charge in [-0.1, -0.05) is 42.5 Å². The molecule has 7 nitrogen and oxygen atoms in total. The molecule has 1 N–H and O–H groups in total. The second-order valence-corrected chi connectivity index (χ2v) is 9.38. The molecule has 3 aromatic carbocycles. The maximum atomic E-state index is 13.3. The topological polar surface area (TPSA) is 85.3 Å². The lowest BCUT2D eigenvalue weighted by atomic mass is 9.95. The van der Waals surface area contributed by atoms with Crippen molar-refractivity contribution in [3.63, 3.8) is 0 Å². The minimum atomic E-state index is -0.765. The highest BCUT2D eigenvalue weighted by atomic mass is 16.5. The largest absolute Gasteiger partial charge is 0.507 e. The number of methoxy groups -OCH3 is 1. The van der Waals surface area contributed by atoms with Crippen LogP contribution in [0.2, 0.25) is 0 Å². The third kappa shape index (κ3) is 6.23. The second kappa shape index (κ2) is 12.4. The molecule has 7 heteroatoms. The van der Waals surface area contributed by atoms with Crippen molar-refractivity contribution in [1.29, 1.82) is 0 Å². The zero-order chi connectivity index (χ0) is 27.1. The molecule has 1 aliphatic heterocycles. The van der Waals surface area contributed by atoms with Crippen molar-refractivity contribution in [2.45, 2.75) is 39.0 Å². The Balaban J connectivity index is 1.70. The Morgan fingerprint density at radius 1 is 0.947 bits per heavy atom. The van der Waals surface area contributed by atoms with E-state index in [2.05, 4.69) is 0 Å². The summed E-state index contributed by atoms with van der Waals surface area (Å²) < 4.78 is 16.9. The average molecular weight is 516 g/mol. The summed E-state index contributed by atoms with van der Waals surface area (Å²) in [5, 5.41) is 11.3. The predicted octanol–water partition coefficient (Wildman–Crippen LogP) is 5.51. The number of ether oxygens (including phenoxy) is 3. The molecule has 198 valence electrons. The molecule has 0 radical (unpaired) electrons. The van der Waals surface area contributed by atoms with Crippen molar-refractivity contribution in [2.24, 2.45) is 0 Å². The number of nitrogens with zero attached hydrogens (tertiary/aromatic N) is 1. The van der Waals surface area contributed by atoms with E-state index >= 15 is 0 Å². The number of carbonyl (C=O) groups is 2. The van der Waals surface area contributed by atoms with Gasteiger partial charge in [-0.25, -0.2) is 0 Å². The summed E-state index contributed by atoms with van der Waals surface area (Å²) in [6, 6.07) is 23.2. The Morgan fingerprint density at radius 3 is 2.37 bits per heavy atom. The first-order chi connectivity index (χ1) is 18.4. The van der Waals surface area contributed by atoms with E-state index < -0.39 is 17.7 Å². The third-order valence-electron chi connectivity index (χ3n) is 6.21. The van der Waals surface area contributed by atoms with Gasteiger partial charge in [-0.05, 0) is 67.8 Å². The number of likely N-dealkylation sites (tertiary alicyclic amines) is 1. The normalized spacial score (nSPS) is 16.7. The molecule has 0 bridgehead atoms. The molecule has 1 amide bonds. The van der Waals surface area contributed by atoms with Crippen LogP contribution >= 0.6 is 0 Å². The van der Waals surface area contributed by atoms with Crippen molar-refractivity contribution in [3.05, 3.63) is 101 Å². The Bertz CT molecular complexity index is 1280. The van der Waals surface area contributed by atoms with E-state index in [1.54, 1.807) is 31.4 Å². The van der Waals surface area contributed by atoms with Crippen molar-refractivity contribution in [1.82, 2.24) is 4.90 Å². The zero-order valence-electron chi connectivity index (χ0n) is 21.9. The van der Waals surface area contributed by atoms with Crippen molar-refractivity contribution in [2.75, 3.05) is 20.3 Å². The Kier molecular flexibility index (Phi) is 8.81. The first-order valence-electron chi connectivity index (χ1n) is 12.7. The van der Waals surface area contributed by atoms with Crippen LogP contribution in [-0.2, 0) is 20.9 Å². The molecule has 38 heavy (non-hydrogen) atoms. The van der Waals surface area contributed by atoms with Crippen LogP contribution in [0.15, 0.2) is 84.4 Å². The Hall–Kier alpha value is -4.10. The number of hydrogen-bond donors (Lipinski definition) is 1. The lowest BCUT2D eigenvalue weighted by molar-refractivity contribution is -0.140. The van der Waals surface area contributed by atoms with Gasteiger partial charge in [-0.2, -0.15) is 0 Å². The van der Waals surface area contributed by atoms with Crippen LogP contribution in [0.3, 0.4) is 0 Å². The number of hydrogen-bond acceptors (Lipinski definition) is 6. The van der Waals surface area contributed by atoms with Crippen LogP contribution in [-0.4, -0.2) is 48.1 Å². The summed E-state index contributed by atoms with van der Waals surface area (Å²) in [5.41, 5.74) is 2.17. The molecule has 0 saturated carbocycles. The molecule has 1 saturated heterocycles. The highest BCUT2D eigenvalue weighted by Crippen LogP contribution is 2.40. The number of amides is 1. The van der Waals surface area contributed by atoms with E-state index in [1.807, 2.05) is 68.4 Å². The number of benzene rings is 3. The van der Waals surface area contributed by atoms with E-state index in [0.717, 1.165) is 5.56 Å². The van der Waals surface area contributed by atoms with Crippen LogP contribution in [0, 0.1) is 0 Å². The minimum Gasteiger partial charge on any atom is -0.507 e. The molecule has 0 aromatic heterocycles. The SMILES string of the molecule is COCCCN1C(=O)C(=O)/C(=C(\O)c2ccc(OC(C)C)cc2)C1c1cccc(OCc2ccccc2)c1. The highest BCUT2D eigenvalue weighted by Gasteiger charge is 2.45. The standard InChI is InChI=1S/C31H33NO6/c1-21(2)38-25-15-13-23(14-16-25)29(33)27-28(32(17-8-18-36-3)31(35)30(27)34)24-11-7-12-26(19-24)37-20-22-9-5-4-6-10-22/h4-7,9-16,19,21,28,33H,8,17-18,20H2,1-3H3/b29-27-. The lowest BCUT2D eigenvalue weighted by Gasteiger charge is -2.25. The van der Waals surface area contributed by atoms with E-state index in [9.17, 15) is 14.7 Å². The second-order valence-electron chi connectivity index (χ2n) is 9.38. The van der Waals surface area contributed by atoms with Gasteiger partial charge in [0.05, 0.1) is 17.7 Å². The molecule has 1 unspecified atom stereocenters. The first-order valence-corrected chi connectivity index (χ1v) is 12.7. The van der Waals surface area contributed by atoms with Gasteiger partial charge in [0, 0.05) is 25.8 Å². The quantitative estimate of drug-likeness (QED) is 0.157. The Morgan fingerprint density at radius 2 is 1.68 bits per heavy atom. The molecule has 1 atom stereocenters. The fourth-order valence-corrected chi connectivity index (χ4v) is 4.47. The van der Waals surface area contributed by atoms with Crippen LogP contribution in [0.25, 0.3) is 5.76 Å². The van der Waals surface area contributed by atoms with Crippen molar-refractivity contribution >= 4 is 17.4 Å². The lowest BCUT2D eigenvalue weighted by Crippen LogP contribution is -2.31. The summed E-state index contributed by atoms with van der Waals surface area (Å²) in [6.45, 7) is 4.97. The number of Topliss-reactive ketones (excluding diaryl/α,β-unsaturated/α-hetero) is 1. The molecule has 0 spiro atoms. The summed E-state index contributed by atoms with van der Waals surface area (Å²) >= 11 is 0. The number of ketones is 1. The van der Waals surface area contributed by atoms with E-state index in [4.69, 9.17) is 14.2 Å².